The molecule has 0 unspecified atom stereocenters. The van der Waals surface area contributed by atoms with Gasteiger partial charge in [-0.05, 0) is 25.1 Å². The van der Waals surface area contributed by atoms with Crippen LogP contribution >= 0.6 is 27.7 Å². The number of amides is 1. The van der Waals surface area contributed by atoms with E-state index >= 15 is 0 Å². The van der Waals surface area contributed by atoms with Crippen LogP contribution in [0.15, 0.2) is 64.4 Å². The smallest absolute Gasteiger partial charge is 0.234 e. The van der Waals surface area contributed by atoms with Crippen LogP contribution in [-0.2, 0) is 18.9 Å². The number of nitrogens with zero attached hydrogens (tertiary/aromatic N) is 5. The molecule has 31 heavy (non-hydrogen) atoms. The molecule has 4 aromatic rings. The third-order valence-corrected chi connectivity index (χ3v) is 6.18. The van der Waals surface area contributed by atoms with E-state index in [1.54, 1.807) is 4.68 Å². The Hall–Kier alpha value is -2.91. The molecule has 0 atom stereocenters. The SMILES string of the molecule is Cc1ccc(-c2nn(C)cc2-c2nnc(SCC(=O)Nc3cccc(Br)c3)n2C)cc1. The van der Waals surface area contributed by atoms with Gasteiger partial charge in [-0.2, -0.15) is 5.10 Å². The minimum absolute atomic E-state index is 0.102. The second-order valence-corrected chi connectivity index (χ2v) is 9.00. The van der Waals surface area contributed by atoms with Crippen molar-refractivity contribution < 1.29 is 4.79 Å². The van der Waals surface area contributed by atoms with Gasteiger partial charge in [0.2, 0.25) is 5.91 Å². The van der Waals surface area contributed by atoms with Crippen molar-refractivity contribution in [1.82, 2.24) is 24.5 Å². The van der Waals surface area contributed by atoms with Crippen molar-refractivity contribution in [2.24, 2.45) is 14.1 Å². The Balaban J connectivity index is 1.51. The minimum Gasteiger partial charge on any atom is -0.325 e. The highest BCUT2D eigenvalue weighted by atomic mass is 79.9. The molecule has 0 fully saturated rings. The zero-order valence-corrected chi connectivity index (χ0v) is 19.7. The molecule has 1 amide bonds. The minimum atomic E-state index is -0.102. The molecule has 158 valence electrons. The monoisotopic (exact) mass is 496 g/mol. The van der Waals surface area contributed by atoms with Gasteiger partial charge in [0.05, 0.1) is 11.3 Å². The maximum Gasteiger partial charge on any atom is 0.234 e. The van der Waals surface area contributed by atoms with Crippen LogP contribution in [0.1, 0.15) is 5.56 Å². The molecule has 4 rings (SSSR count). The Bertz CT molecular complexity index is 1230. The van der Waals surface area contributed by atoms with E-state index in [1.165, 1.54) is 17.3 Å². The number of anilines is 1. The fourth-order valence-corrected chi connectivity index (χ4v) is 4.26. The molecule has 0 saturated heterocycles. The third-order valence-electron chi connectivity index (χ3n) is 4.67. The van der Waals surface area contributed by atoms with Gasteiger partial charge in [-0.25, -0.2) is 0 Å². The van der Waals surface area contributed by atoms with Crippen molar-refractivity contribution in [2.75, 3.05) is 11.1 Å². The van der Waals surface area contributed by atoms with Gasteiger partial charge in [0, 0.05) is 36.0 Å². The second kappa shape index (κ2) is 9.07. The quantitative estimate of drug-likeness (QED) is 0.392. The first-order chi connectivity index (χ1) is 14.9. The van der Waals surface area contributed by atoms with Crippen LogP contribution in [-0.4, -0.2) is 36.2 Å². The Kier molecular flexibility index (Phi) is 6.24. The molecule has 2 aromatic carbocycles. The third kappa shape index (κ3) is 4.88. The lowest BCUT2D eigenvalue weighted by Crippen LogP contribution is -2.14. The van der Waals surface area contributed by atoms with Gasteiger partial charge in [0.25, 0.3) is 0 Å². The Labute approximate surface area is 193 Å². The summed E-state index contributed by atoms with van der Waals surface area (Å²) in [5.74, 6) is 0.837. The predicted molar refractivity (Wildman–Crippen MR) is 127 cm³/mol. The molecular formula is C22H21BrN6OS. The number of rotatable bonds is 6. The van der Waals surface area contributed by atoms with Crippen LogP contribution < -0.4 is 5.32 Å². The summed E-state index contributed by atoms with van der Waals surface area (Å²) in [7, 11) is 3.79. The van der Waals surface area contributed by atoms with Gasteiger partial charge >= 0.3 is 0 Å². The number of halogens is 1. The first-order valence-corrected chi connectivity index (χ1v) is 11.4. The summed E-state index contributed by atoms with van der Waals surface area (Å²) in [6.07, 6.45) is 1.94. The maximum absolute atomic E-state index is 12.3. The summed E-state index contributed by atoms with van der Waals surface area (Å²) in [6.45, 7) is 2.06. The van der Waals surface area contributed by atoms with E-state index in [1.807, 2.05) is 49.1 Å². The van der Waals surface area contributed by atoms with E-state index in [4.69, 9.17) is 0 Å². The number of nitrogens with one attached hydrogen (secondary N) is 1. The zero-order chi connectivity index (χ0) is 22.0. The lowest BCUT2D eigenvalue weighted by molar-refractivity contribution is -0.113. The summed E-state index contributed by atoms with van der Waals surface area (Å²) in [4.78, 5) is 12.3. The van der Waals surface area contributed by atoms with E-state index in [0.29, 0.717) is 11.0 Å². The molecule has 0 aliphatic carbocycles. The van der Waals surface area contributed by atoms with Gasteiger partial charge in [0.1, 0.15) is 5.69 Å². The highest BCUT2D eigenvalue weighted by Crippen LogP contribution is 2.31. The van der Waals surface area contributed by atoms with Gasteiger partial charge < -0.3 is 9.88 Å². The number of aryl methyl sites for hydroxylation is 2. The fourth-order valence-electron chi connectivity index (χ4n) is 3.15. The number of carbonyl (C=O) groups excluding carboxylic acids is 1. The summed E-state index contributed by atoms with van der Waals surface area (Å²) in [6, 6.07) is 15.7. The van der Waals surface area contributed by atoms with Crippen LogP contribution in [0.5, 0.6) is 0 Å². The highest BCUT2D eigenvalue weighted by molar-refractivity contribution is 9.10. The summed E-state index contributed by atoms with van der Waals surface area (Å²) in [5, 5.41) is 16.9. The lowest BCUT2D eigenvalue weighted by atomic mass is 10.1. The molecule has 0 spiro atoms. The molecule has 2 heterocycles. The molecule has 0 bridgehead atoms. The Morgan fingerprint density at radius 1 is 1.13 bits per heavy atom. The lowest BCUT2D eigenvalue weighted by Gasteiger charge is -2.06. The van der Waals surface area contributed by atoms with Gasteiger partial charge in [0.15, 0.2) is 11.0 Å². The number of carbonyl (C=O) groups is 1. The molecule has 0 saturated carbocycles. The van der Waals surface area contributed by atoms with Gasteiger partial charge in [-0.1, -0.05) is 63.6 Å². The van der Waals surface area contributed by atoms with E-state index in [-0.39, 0.29) is 11.7 Å². The average molecular weight is 497 g/mol. The van der Waals surface area contributed by atoms with Crippen LogP contribution in [0.25, 0.3) is 22.6 Å². The highest BCUT2D eigenvalue weighted by Gasteiger charge is 2.19. The molecule has 9 heteroatoms. The van der Waals surface area contributed by atoms with Crippen molar-refractivity contribution in [3.05, 3.63) is 64.8 Å². The summed E-state index contributed by atoms with van der Waals surface area (Å²) in [5.41, 5.74) is 4.71. The van der Waals surface area contributed by atoms with Crippen LogP contribution in [0.4, 0.5) is 5.69 Å². The zero-order valence-electron chi connectivity index (χ0n) is 17.3. The number of benzene rings is 2. The van der Waals surface area contributed by atoms with E-state index in [0.717, 1.165) is 27.0 Å². The largest absolute Gasteiger partial charge is 0.325 e. The molecule has 7 nitrogen and oxygen atoms in total. The first-order valence-electron chi connectivity index (χ1n) is 9.59. The average Bonchev–Trinajstić information content (AvgIpc) is 3.29. The summed E-state index contributed by atoms with van der Waals surface area (Å²) < 4.78 is 4.58. The molecule has 1 N–H and O–H groups in total. The van der Waals surface area contributed by atoms with Gasteiger partial charge in [-0.15, -0.1) is 10.2 Å². The molecule has 0 radical (unpaired) electrons. The number of hydrogen-bond donors (Lipinski definition) is 1. The van der Waals surface area contributed by atoms with E-state index in [2.05, 4.69) is 67.7 Å². The Morgan fingerprint density at radius 3 is 2.65 bits per heavy atom. The Morgan fingerprint density at radius 2 is 1.90 bits per heavy atom. The molecule has 2 aromatic heterocycles. The van der Waals surface area contributed by atoms with Crippen LogP contribution in [0, 0.1) is 6.92 Å². The number of thioether (sulfide) groups is 1. The van der Waals surface area contributed by atoms with Crippen LogP contribution in [0.2, 0.25) is 0 Å². The standard InChI is InChI=1S/C22H21BrN6OS/c1-14-7-9-15(10-8-14)20-18(12-28(2)27-20)21-25-26-22(29(21)3)31-13-19(30)24-17-6-4-5-16(23)11-17/h4-12H,13H2,1-3H3,(H,24,30). The predicted octanol–water partition coefficient (Wildman–Crippen LogP) is 4.68. The van der Waals surface area contributed by atoms with Crippen molar-refractivity contribution in [3.63, 3.8) is 0 Å². The first kappa shape index (κ1) is 21.3. The van der Waals surface area contributed by atoms with Crippen molar-refractivity contribution in [2.45, 2.75) is 12.1 Å². The van der Waals surface area contributed by atoms with Crippen molar-refractivity contribution in [1.29, 1.82) is 0 Å². The number of aromatic nitrogens is 5. The summed E-state index contributed by atoms with van der Waals surface area (Å²) >= 11 is 4.75. The topological polar surface area (TPSA) is 77.6 Å². The van der Waals surface area contributed by atoms with E-state index in [9.17, 15) is 4.79 Å². The molecule has 0 aliphatic rings. The van der Waals surface area contributed by atoms with Crippen molar-refractivity contribution in [3.8, 4) is 22.6 Å². The normalized spacial score (nSPS) is 11.0. The van der Waals surface area contributed by atoms with Crippen molar-refractivity contribution >= 4 is 39.3 Å². The molecular weight excluding hydrogens is 476 g/mol. The van der Waals surface area contributed by atoms with E-state index < -0.39 is 0 Å². The maximum atomic E-state index is 12.3. The fraction of sp³-hybridized carbons (Fsp3) is 0.182. The number of hydrogen-bond acceptors (Lipinski definition) is 5. The molecule has 0 aliphatic heterocycles. The van der Waals surface area contributed by atoms with Gasteiger partial charge in [-0.3, -0.25) is 9.48 Å². The second-order valence-electron chi connectivity index (χ2n) is 7.14. The van der Waals surface area contributed by atoms with Crippen LogP contribution in [0.3, 0.4) is 0 Å².